The molecule has 1 aromatic carbocycles. The molecular formula is C14H18FN3. The van der Waals surface area contributed by atoms with Gasteiger partial charge in [-0.05, 0) is 43.8 Å². The summed E-state index contributed by atoms with van der Waals surface area (Å²) >= 11 is 0. The van der Waals surface area contributed by atoms with Crippen molar-refractivity contribution in [3.8, 4) is 0 Å². The van der Waals surface area contributed by atoms with Crippen LogP contribution in [0.1, 0.15) is 11.3 Å². The lowest BCUT2D eigenvalue weighted by Crippen LogP contribution is -2.30. The molecule has 3 nitrogen and oxygen atoms in total. The van der Waals surface area contributed by atoms with Crippen molar-refractivity contribution >= 4 is 10.9 Å². The Bertz CT molecular complexity index is 588. The molecule has 2 heterocycles. The maximum atomic E-state index is 13.4. The number of halogens is 1. The van der Waals surface area contributed by atoms with Crippen LogP contribution in [0.4, 0.5) is 4.39 Å². The van der Waals surface area contributed by atoms with Gasteiger partial charge in [0.15, 0.2) is 0 Å². The fourth-order valence-corrected chi connectivity index (χ4v) is 2.91. The number of benzene rings is 1. The van der Waals surface area contributed by atoms with Gasteiger partial charge in [-0.3, -0.25) is 4.90 Å². The van der Waals surface area contributed by atoms with E-state index in [1.165, 1.54) is 11.3 Å². The fourth-order valence-electron chi connectivity index (χ4n) is 2.91. The van der Waals surface area contributed by atoms with Crippen molar-refractivity contribution in [2.45, 2.75) is 19.5 Å². The molecule has 0 unspecified atom stereocenters. The summed E-state index contributed by atoms with van der Waals surface area (Å²) in [5.41, 5.74) is 9.36. The Morgan fingerprint density at radius 2 is 2.17 bits per heavy atom. The van der Waals surface area contributed by atoms with Crippen LogP contribution in [0.25, 0.3) is 10.9 Å². The van der Waals surface area contributed by atoms with Gasteiger partial charge in [-0.1, -0.05) is 0 Å². The van der Waals surface area contributed by atoms with Gasteiger partial charge in [0.1, 0.15) is 5.82 Å². The van der Waals surface area contributed by atoms with Crippen molar-refractivity contribution in [3.05, 3.63) is 35.3 Å². The van der Waals surface area contributed by atoms with Crippen LogP contribution in [0.3, 0.4) is 0 Å². The van der Waals surface area contributed by atoms with Crippen LogP contribution in [0.5, 0.6) is 0 Å². The fraction of sp³-hybridized carbons (Fsp3) is 0.429. The van der Waals surface area contributed by atoms with Crippen molar-refractivity contribution in [2.75, 3.05) is 20.1 Å². The Hall–Kier alpha value is -1.39. The number of likely N-dealkylation sites (N-methyl/N-ethyl adjacent to an activating group) is 1. The zero-order valence-electron chi connectivity index (χ0n) is 10.6. The van der Waals surface area contributed by atoms with Crippen LogP contribution in [-0.2, 0) is 19.5 Å². The summed E-state index contributed by atoms with van der Waals surface area (Å²) < 4.78 is 15.8. The Kier molecular flexibility index (Phi) is 2.84. The van der Waals surface area contributed by atoms with Gasteiger partial charge in [0.2, 0.25) is 0 Å². The summed E-state index contributed by atoms with van der Waals surface area (Å²) in [5, 5.41) is 1.03. The highest BCUT2D eigenvalue weighted by atomic mass is 19.1. The Morgan fingerprint density at radius 3 is 2.94 bits per heavy atom. The van der Waals surface area contributed by atoms with Crippen molar-refractivity contribution in [1.82, 2.24) is 9.47 Å². The number of fused-ring (bicyclic) bond motifs is 3. The second kappa shape index (κ2) is 4.37. The summed E-state index contributed by atoms with van der Waals surface area (Å²) in [4.78, 5) is 2.30. The first-order valence-electron chi connectivity index (χ1n) is 6.39. The zero-order chi connectivity index (χ0) is 12.7. The van der Waals surface area contributed by atoms with Gasteiger partial charge in [0.25, 0.3) is 0 Å². The molecule has 0 aliphatic carbocycles. The molecular weight excluding hydrogens is 229 g/mol. The molecule has 0 radical (unpaired) electrons. The third kappa shape index (κ3) is 1.72. The second-order valence-electron chi connectivity index (χ2n) is 5.01. The summed E-state index contributed by atoms with van der Waals surface area (Å²) in [6.07, 6.45) is 0.816. The molecule has 0 fully saturated rings. The summed E-state index contributed by atoms with van der Waals surface area (Å²) in [5.74, 6) is -0.169. The SMILES string of the molecule is CN1CCn2c(c(CCN)c3cc(F)ccc32)C1. The predicted octanol–water partition coefficient (Wildman–Crippen LogP) is 1.73. The molecule has 0 spiro atoms. The van der Waals surface area contributed by atoms with Gasteiger partial charge in [-0.2, -0.15) is 0 Å². The van der Waals surface area contributed by atoms with Crippen LogP contribution in [0.15, 0.2) is 18.2 Å². The topological polar surface area (TPSA) is 34.2 Å². The van der Waals surface area contributed by atoms with Gasteiger partial charge < -0.3 is 10.3 Å². The molecule has 96 valence electrons. The van der Waals surface area contributed by atoms with Gasteiger partial charge in [-0.15, -0.1) is 0 Å². The van der Waals surface area contributed by atoms with Crippen molar-refractivity contribution in [1.29, 1.82) is 0 Å². The molecule has 4 heteroatoms. The van der Waals surface area contributed by atoms with Crippen molar-refractivity contribution < 1.29 is 4.39 Å². The molecule has 1 aliphatic heterocycles. The molecule has 1 aliphatic rings. The number of nitrogens with zero attached hydrogens (tertiary/aromatic N) is 2. The van der Waals surface area contributed by atoms with Crippen LogP contribution in [0, 0.1) is 5.82 Å². The van der Waals surface area contributed by atoms with E-state index in [2.05, 4.69) is 16.5 Å². The highest BCUT2D eigenvalue weighted by Crippen LogP contribution is 2.30. The highest BCUT2D eigenvalue weighted by molar-refractivity contribution is 5.86. The maximum absolute atomic E-state index is 13.4. The molecule has 0 amide bonds. The minimum Gasteiger partial charge on any atom is -0.342 e. The summed E-state index contributed by atoms with van der Waals surface area (Å²) in [6.45, 7) is 3.53. The predicted molar refractivity (Wildman–Crippen MR) is 71.0 cm³/mol. The maximum Gasteiger partial charge on any atom is 0.123 e. The first-order valence-corrected chi connectivity index (χ1v) is 6.39. The minimum atomic E-state index is -0.169. The van der Waals surface area contributed by atoms with Gasteiger partial charge in [0, 0.05) is 36.2 Å². The van der Waals surface area contributed by atoms with E-state index in [4.69, 9.17) is 5.73 Å². The van der Waals surface area contributed by atoms with E-state index < -0.39 is 0 Å². The lowest BCUT2D eigenvalue weighted by Gasteiger charge is -2.26. The van der Waals surface area contributed by atoms with E-state index in [0.29, 0.717) is 6.54 Å². The third-order valence-corrected chi connectivity index (χ3v) is 3.77. The number of aromatic nitrogens is 1. The average molecular weight is 247 g/mol. The monoisotopic (exact) mass is 247 g/mol. The van der Waals surface area contributed by atoms with Crippen LogP contribution in [0.2, 0.25) is 0 Å². The standard InChI is InChI=1S/C14H18FN3/c1-17-6-7-18-13-3-2-10(15)8-12(13)11(4-5-16)14(18)9-17/h2-3,8H,4-7,9,16H2,1H3. The summed E-state index contributed by atoms with van der Waals surface area (Å²) in [6, 6.07) is 5.07. The van der Waals surface area contributed by atoms with Crippen molar-refractivity contribution in [2.24, 2.45) is 5.73 Å². The molecule has 3 rings (SSSR count). The van der Waals surface area contributed by atoms with Gasteiger partial charge in [-0.25, -0.2) is 4.39 Å². The Morgan fingerprint density at radius 1 is 1.33 bits per heavy atom. The smallest absolute Gasteiger partial charge is 0.123 e. The van der Waals surface area contributed by atoms with Gasteiger partial charge in [0.05, 0.1) is 0 Å². The molecule has 18 heavy (non-hydrogen) atoms. The van der Waals surface area contributed by atoms with Gasteiger partial charge >= 0.3 is 0 Å². The van der Waals surface area contributed by atoms with E-state index in [9.17, 15) is 4.39 Å². The van der Waals surface area contributed by atoms with Crippen molar-refractivity contribution in [3.63, 3.8) is 0 Å². The molecule has 1 aromatic heterocycles. The number of hydrogen-bond donors (Lipinski definition) is 1. The van der Waals surface area contributed by atoms with E-state index >= 15 is 0 Å². The molecule has 0 saturated heterocycles. The normalized spacial score (nSPS) is 16.2. The van der Waals surface area contributed by atoms with E-state index in [1.54, 1.807) is 12.1 Å². The summed E-state index contributed by atoms with van der Waals surface area (Å²) in [7, 11) is 2.12. The largest absolute Gasteiger partial charge is 0.342 e. The quantitative estimate of drug-likeness (QED) is 0.877. The third-order valence-electron chi connectivity index (χ3n) is 3.77. The average Bonchev–Trinajstić information content (AvgIpc) is 2.63. The molecule has 2 aromatic rings. The molecule has 0 atom stereocenters. The van der Waals surface area contributed by atoms with Crippen LogP contribution in [-0.4, -0.2) is 29.6 Å². The van der Waals surface area contributed by atoms with Crippen LogP contribution < -0.4 is 5.73 Å². The second-order valence-corrected chi connectivity index (χ2v) is 5.01. The van der Waals surface area contributed by atoms with Crippen LogP contribution >= 0.6 is 0 Å². The number of rotatable bonds is 2. The lowest BCUT2D eigenvalue weighted by molar-refractivity contribution is 0.271. The Balaban J connectivity index is 2.26. The molecule has 2 N–H and O–H groups in total. The first-order chi connectivity index (χ1) is 8.70. The van der Waals surface area contributed by atoms with E-state index in [0.717, 1.165) is 37.0 Å². The minimum absolute atomic E-state index is 0.169. The lowest BCUT2D eigenvalue weighted by atomic mass is 10.1. The highest BCUT2D eigenvalue weighted by Gasteiger charge is 2.21. The van der Waals surface area contributed by atoms with E-state index in [-0.39, 0.29) is 5.82 Å². The zero-order valence-corrected chi connectivity index (χ0v) is 10.6. The van der Waals surface area contributed by atoms with E-state index in [1.807, 2.05) is 6.07 Å². The Labute approximate surface area is 106 Å². The number of hydrogen-bond acceptors (Lipinski definition) is 2. The molecule has 0 saturated carbocycles. The first kappa shape index (κ1) is 11.7. The molecule has 0 bridgehead atoms. The number of nitrogens with two attached hydrogens (primary N) is 1.